The third-order valence-electron chi connectivity index (χ3n) is 3.97. The highest BCUT2D eigenvalue weighted by Gasteiger charge is 2.28. The summed E-state index contributed by atoms with van der Waals surface area (Å²) in [4.78, 5) is 12.1. The van der Waals surface area contributed by atoms with Crippen LogP contribution in [0.25, 0.3) is 0 Å². The monoisotopic (exact) mass is 276 g/mol. The number of rotatable bonds is 4. The fourth-order valence-electron chi connectivity index (χ4n) is 1.79. The molecular weight excluding hydrogens is 248 g/mol. The molecule has 2 nitrogen and oxygen atoms in total. The van der Waals surface area contributed by atoms with Crippen LogP contribution in [0, 0.1) is 5.41 Å². The van der Waals surface area contributed by atoms with Gasteiger partial charge in [0.05, 0.1) is 5.41 Å². The average Bonchev–Trinajstić information content (AvgIpc) is 2.37. The molecule has 1 rings (SSSR count). The highest BCUT2D eigenvalue weighted by molar-refractivity contribution is 5.76. The summed E-state index contributed by atoms with van der Waals surface area (Å²) in [5.74, 6) is -0.132. The molecule has 0 saturated carbocycles. The first-order valence-electron chi connectivity index (χ1n) is 7.39. The first-order chi connectivity index (χ1) is 9.08. The van der Waals surface area contributed by atoms with Gasteiger partial charge < -0.3 is 4.74 Å². The Morgan fingerprint density at radius 1 is 1.10 bits per heavy atom. The lowest BCUT2D eigenvalue weighted by Gasteiger charge is -2.24. The predicted octanol–water partition coefficient (Wildman–Crippen LogP) is 5.02. The molecule has 2 heteroatoms. The maximum Gasteiger partial charge on any atom is 0.312 e. The quantitative estimate of drug-likeness (QED) is 0.721. The second-order valence-electron chi connectivity index (χ2n) is 7.16. The van der Waals surface area contributed by atoms with E-state index in [9.17, 15) is 4.79 Å². The van der Waals surface area contributed by atoms with E-state index in [4.69, 9.17) is 4.74 Å². The summed E-state index contributed by atoms with van der Waals surface area (Å²) in [6.07, 6.45) is 0.573. The van der Waals surface area contributed by atoms with Crippen LogP contribution in [0.5, 0.6) is 0 Å². The van der Waals surface area contributed by atoms with Crippen molar-refractivity contribution in [2.45, 2.75) is 66.4 Å². The number of hydrogen-bond acceptors (Lipinski definition) is 2. The topological polar surface area (TPSA) is 26.3 Å². The van der Waals surface area contributed by atoms with Gasteiger partial charge in [-0.25, -0.2) is 0 Å². The lowest BCUT2D eigenvalue weighted by atomic mass is 9.86. The molecule has 1 aromatic rings. The normalized spacial score (nSPS) is 13.9. The average molecular weight is 276 g/mol. The number of benzene rings is 1. The molecular formula is C18H28O2. The number of carbonyl (C=O) groups is 1. The van der Waals surface area contributed by atoms with Crippen molar-refractivity contribution in [3.63, 3.8) is 0 Å². The maximum absolute atomic E-state index is 12.1. The van der Waals surface area contributed by atoms with E-state index in [0.29, 0.717) is 0 Å². The molecule has 0 aliphatic carbocycles. The van der Waals surface area contributed by atoms with Crippen LogP contribution in [0.15, 0.2) is 24.3 Å². The van der Waals surface area contributed by atoms with Gasteiger partial charge in [-0.2, -0.15) is 0 Å². The molecule has 1 unspecified atom stereocenters. The number of ether oxygens (including phenoxy) is 1. The molecule has 20 heavy (non-hydrogen) atoms. The number of esters is 1. The highest BCUT2D eigenvalue weighted by atomic mass is 16.5. The Bertz CT molecular complexity index is 449. The first kappa shape index (κ1) is 16.7. The van der Waals surface area contributed by atoms with Gasteiger partial charge >= 0.3 is 5.97 Å². The lowest BCUT2D eigenvalue weighted by Crippen LogP contribution is -2.26. The van der Waals surface area contributed by atoms with Gasteiger partial charge in [0, 0.05) is 0 Å². The molecule has 0 N–H and O–H groups in total. The van der Waals surface area contributed by atoms with E-state index in [2.05, 4.69) is 45.0 Å². The molecule has 1 atom stereocenters. The summed E-state index contributed by atoms with van der Waals surface area (Å²) in [6.45, 7) is 14.3. The van der Waals surface area contributed by atoms with Crippen molar-refractivity contribution in [2.75, 3.05) is 0 Å². The predicted molar refractivity (Wildman–Crippen MR) is 83.7 cm³/mol. The molecule has 0 aliphatic rings. The van der Waals surface area contributed by atoms with Crippen molar-refractivity contribution in [2.24, 2.45) is 5.41 Å². The Hall–Kier alpha value is -1.31. The van der Waals surface area contributed by atoms with Crippen molar-refractivity contribution in [3.05, 3.63) is 35.4 Å². The van der Waals surface area contributed by atoms with Crippen LogP contribution in [0.1, 0.15) is 72.1 Å². The molecule has 112 valence electrons. The largest absolute Gasteiger partial charge is 0.457 e. The molecule has 0 aromatic heterocycles. The Morgan fingerprint density at radius 2 is 1.60 bits per heavy atom. The van der Waals surface area contributed by atoms with E-state index < -0.39 is 5.41 Å². The van der Waals surface area contributed by atoms with Gasteiger partial charge in [-0.3, -0.25) is 4.79 Å². The summed E-state index contributed by atoms with van der Waals surface area (Å²) in [5, 5.41) is 0. The maximum atomic E-state index is 12.1. The second-order valence-corrected chi connectivity index (χ2v) is 7.16. The van der Waals surface area contributed by atoms with Crippen molar-refractivity contribution in [3.8, 4) is 0 Å². The molecule has 0 amide bonds. The third-order valence-corrected chi connectivity index (χ3v) is 3.97. The summed E-state index contributed by atoms with van der Waals surface area (Å²) >= 11 is 0. The molecule has 0 saturated heterocycles. The molecule has 0 fully saturated rings. The Labute approximate surface area is 123 Å². The minimum absolute atomic E-state index is 0.132. The van der Waals surface area contributed by atoms with E-state index in [0.717, 1.165) is 12.0 Å². The first-order valence-corrected chi connectivity index (χ1v) is 7.39. The molecule has 0 heterocycles. The number of carbonyl (C=O) groups excluding carboxylic acids is 1. The smallest absolute Gasteiger partial charge is 0.312 e. The van der Waals surface area contributed by atoms with Crippen LogP contribution < -0.4 is 0 Å². The van der Waals surface area contributed by atoms with Crippen LogP contribution >= 0.6 is 0 Å². The fourth-order valence-corrected chi connectivity index (χ4v) is 1.79. The van der Waals surface area contributed by atoms with Gasteiger partial charge in [0.25, 0.3) is 0 Å². The third kappa shape index (κ3) is 4.09. The highest BCUT2D eigenvalue weighted by Crippen LogP contribution is 2.28. The van der Waals surface area contributed by atoms with Gasteiger partial charge in [-0.15, -0.1) is 0 Å². The standard InChI is InChI=1S/C18H28O2/c1-8-18(6,7)16(19)20-13(2)14-9-11-15(12-10-14)17(3,4)5/h9-13H,8H2,1-7H3. The Morgan fingerprint density at radius 3 is 2.00 bits per heavy atom. The van der Waals surface area contributed by atoms with Crippen LogP contribution in [0.2, 0.25) is 0 Å². The lowest BCUT2D eigenvalue weighted by molar-refractivity contribution is -0.159. The van der Waals surface area contributed by atoms with E-state index >= 15 is 0 Å². The molecule has 0 aliphatic heterocycles. The number of hydrogen-bond donors (Lipinski definition) is 0. The Balaban J connectivity index is 2.79. The van der Waals surface area contributed by atoms with E-state index in [1.54, 1.807) is 0 Å². The molecule has 1 aromatic carbocycles. The minimum atomic E-state index is -0.417. The van der Waals surface area contributed by atoms with Crippen molar-refractivity contribution >= 4 is 5.97 Å². The van der Waals surface area contributed by atoms with Crippen molar-refractivity contribution in [1.82, 2.24) is 0 Å². The summed E-state index contributed by atoms with van der Waals surface area (Å²) in [6, 6.07) is 8.34. The van der Waals surface area contributed by atoms with Crippen LogP contribution in [-0.4, -0.2) is 5.97 Å². The Kier molecular flexibility index (Phi) is 5.01. The van der Waals surface area contributed by atoms with E-state index in [1.165, 1.54) is 5.56 Å². The van der Waals surface area contributed by atoms with Gasteiger partial charge in [0.1, 0.15) is 6.10 Å². The van der Waals surface area contributed by atoms with Crippen molar-refractivity contribution < 1.29 is 9.53 Å². The summed E-state index contributed by atoms with van der Waals surface area (Å²) in [7, 11) is 0. The molecule has 0 radical (unpaired) electrons. The summed E-state index contributed by atoms with van der Waals surface area (Å²) in [5.41, 5.74) is 2.05. The van der Waals surface area contributed by atoms with E-state index in [-0.39, 0.29) is 17.5 Å². The van der Waals surface area contributed by atoms with Gasteiger partial charge in [-0.05, 0) is 43.7 Å². The van der Waals surface area contributed by atoms with Crippen LogP contribution in [0.3, 0.4) is 0 Å². The second kappa shape index (κ2) is 5.99. The zero-order chi connectivity index (χ0) is 15.6. The minimum Gasteiger partial charge on any atom is -0.457 e. The molecule has 0 bridgehead atoms. The zero-order valence-corrected chi connectivity index (χ0v) is 13.9. The molecule has 0 spiro atoms. The van der Waals surface area contributed by atoms with Crippen LogP contribution in [0.4, 0.5) is 0 Å². The summed E-state index contributed by atoms with van der Waals surface area (Å²) < 4.78 is 5.58. The van der Waals surface area contributed by atoms with Crippen molar-refractivity contribution in [1.29, 1.82) is 0 Å². The zero-order valence-electron chi connectivity index (χ0n) is 13.9. The fraction of sp³-hybridized carbons (Fsp3) is 0.611. The SMILES string of the molecule is CCC(C)(C)C(=O)OC(C)c1ccc(C(C)(C)C)cc1. The van der Waals surface area contributed by atoms with Crippen LogP contribution in [-0.2, 0) is 14.9 Å². The van der Waals surface area contributed by atoms with Gasteiger partial charge in [-0.1, -0.05) is 52.0 Å². The van der Waals surface area contributed by atoms with Gasteiger partial charge in [0.2, 0.25) is 0 Å². The van der Waals surface area contributed by atoms with Gasteiger partial charge in [0.15, 0.2) is 0 Å². The van der Waals surface area contributed by atoms with E-state index in [1.807, 2.05) is 27.7 Å².